The molecule has 0 radical (unpaired) electrons. The average Bonchev–Trinajstić information content (AvgIpc) is 2.74. The number of carbonyl (C=O) groups excluding carboxylic acids is 1. The zero-order valence-corrected chi connectivity index (χ0v) is 17.7. The predicted molar refractivity (Wildman–Crippen MR) is 118 cm³/mol. The van der Waals surface area contributed by atoms with E-state index < -0.39 is 6.04 Å². The van der Waals surface area contributed by atoms with Gasteiger partial charge in [-0.3, -0.25) is 4.90 Å². The molecular formula is C23H27ClFN3O2. The van der Waals surface area contributed by atoms with E-state index in [0.717, 1.165) is 13.1 Å². The molecule has 0 aliphatic carbocycles. The fraction of sp³-hybridized carbons (Fsp3) is 0.348. The van der Waals surface area contributed by atoms with Gasteiger partial charge in [-0.1, -0.05) is 41.9 Å². The lowest BCUT2D eigenvalue weighted by Gasteiger charge is -2.35. The maximum absolute atomic E-state index is 14.6. The van der Waals surface area contributed by atoms with Crippen LogP contribution in [0.1, 0.15) is 18.0 Å². The van der Waals surface area contributed by atoms with E-state index in [1.165, 1.54) is 6.07 Å². The molecule has 7 heteroatoms. The van der Waals surface area contributed by atoms with Crippen LogP contribution in [0.4, 0.5) is 14.9 Å². The van der Waals surface area contributed by atoms with Crippen LogP contribution in [0.15, 0.2) is 61.2 Å². The SMILES string of the molecule is C=CC[C@H](c1ccccc1F)N(CCN1CCOCC1)C(=O)Nc1cccc(Cl)c1. The summed E-state index contributed by atoms with van der Waals surface area (Å²) < 4.78 is 20.0. The minimum absolute atomic E-state index is 0.305. The minimum Gasteiger partial charge on any atom is -0.379 e. The van der Waals surface area contributed by atoms with Crippen molar-refractivity contribution in [2.24, 2.45) is 0 Å². The Morgan fingerprint density at radius 2 is 2.03 bits per heavy atom. The fourth-order valence-corrected chi connectivity index (χ4v) is 3.75. The summed E-state index contributed by atoms with van der Waals surface area (Å²) in [5.41, 5.74) is 1.07. The standard InChI is InChI=1S/C23H27ClFN3O2/c1-2-6-22(20-9-3-4-10-21(20)25)28(12-11-27-13-15-30-16-14-27)23(29)26-19-8-5-7-18(24)17-19/h2-5,7-10,17,22H,1,6,11-16H2,(H,26,29)/t22-/m1/s1. The molecule has 3 rings (SSSR count). The van der Waals surface area contributed by atoms with Gasteiger partial charge in [0.15, 0.2) is 0 Å². The Kier molecular flexibility index (Phi) is 8.25. The molecule has 1 heterocycles. The Morgan fingerprint density at radius 1 is 1.27 bits per heavy atom. The van der Waals surface area contributed by atoms with Gasteiger partial charge in [-0.2, -0.15) is 0 Å². The van der Waals surface area contributed by atoms with Crippen molar-refractivity contribution in [1.29, 1.82) is 0 Å². The number of morpholine rings is 1. The molecule has 0 saturated carbocycles. The van der Waals surface area contributed by atoms with Crippen molar-refractivity contribution in [3.8, 4) is 0 Å². The Labute approximate surface area is 182 Å². The van der Waals surface area contributed by atoms with E-state index in [4.69, 9.17) is 16.3 Å². The van der Waals surface area contributed by atoms with E-state index in [-0.39, 0.29) is 11.8 Å². The second-order valence-corrected chi connectivity index (χ2v) is 7.59. The van der Waals surface area contributed by atoms with Crippen molar-refractivity contribution in [2.45, 2.75) is 12.5 Å². The number of benzene rings is 2. The summed E-state index contributed by atoms with van der Waals surface area (Å²) in [6, 6.07) is 12.8. The summed E-state index contributed by atoms with van der Waals surface area (Å²) in [6.07, 6.45) is 2.15. The molecular weight excluding hydrogens is 405 g/mol. The van der Waals surface area contributed by atoms with Crippen molar-refractivity contribution < 1.29 is 13.9 Å². The Morgan fingerprint density at radius 3 is 2.73 bits per heavy atom. The third-order valence-corrected chi connectivity index (χ3v) is 5.36. The molecule has 2 amide bonds. The lowest BCUT2D eigenvalue weighted by atomic mass is 10.0. The molecule has 160 valence electrons. The number of halogens is 2. The molecule has 0 unspecified atom stereocenters. The van der Waals surface area contributed by atoms with Crippen molar-refractivity contribution in [1.82, 2.24) is 9.80 Å². The molecule has 30 heavy (non-hydrogen) atoms. The zero-order chi connectivity index (χ0) is 21.3. The van der Waals surface area contributed by atoms with Gasteiger partial charge in [0, 0.05) is 42.5 Å². The first-order chi connectivity index (χ1) is 14.6. The highest BCUT2D eigenvalue weighted by Gasteiger charge is 2.27. The molecule has 1 atom stereocenters. The summed E-state index contributed by atoms with van der Waals surface area (Å²) in [4.78, 5) is 17.2. The maximum Gasteiger partial charge on any atom is 0.322 e. The van der Waals surface area contributed by atoms with Gasteiger partial charge in [-0.25, -0.2) is 9.18 Å². The van der Waals surface area contributed by atoms with Crippen LogP contribution in [0.25, 0.3) is 0 Å². The second-order valence-electron chi connectivity index (χ2n) is 7.15. The van der Waals surface area contributed by atoms with E-state index in [9.17, 15) is 9.18 Å². The smallest absolute Gasteiger partial charge is 0.322 e. The van der Waals surface area contributed by atoms with Crippen LogP contribution >= 0.6 is 11.6 Å². The van der Waals surface area contributed by atoms with Crippen molar-refractivity contribution in [3.63, 3.8) is 0 Å². The zero-order valence-electron chi connectivity index (χ0n) is 16.9. The van der Waals surface area contributed by atoms with Crippen molar-refractivity contribution in [2.75, 3.05) is 44.7 Å². The molecule has 1 saturated heterocycles. The number of amides is 2. The lowest BCUT2D eigenvalue weighted by molar-refractivity contribution is 0.0335. The molecule has 0 aromatic heterocycles. The Balaban J connectivity index is 1.84. The van der Waals surface area contributed by atoms with E-state index in [1.807, 2.05) is 0 Å². The molecule has 0 spiro atoms. The first-order valence-electron chi connectivity index (χ1n) is 10.1. The van der Waals surface area contributed by atoms with Gasteiger partial charge in [0.05, 0.1) is 19.3 Å². The topological polar surface area (TPSA) is 44.8 Å². The number of ether oxygens (including phenoxy) is 1. The van der Waals surface area contributed by atoms with Gasteiger partial charge in [-0.15, -0.1) is 6.58 Å². The molecule has 1 aliphatic heterocycles. The van der Waals surface area contributed by atoms with E-state index in [1.54, 1.807) is 53.4 Å². The highest BCUT2D eigenvalue weighted by molar-refractivity contribution is 6.30. The molecule has 1 N–H and O–H groups in total. The van der Waals surface area contributed by atoms with Crippen LogP contribution in [0.3, 0.4) is 0 Å². The molecule has 0 bridgehead atoms. The highest BCUT2D eigenvalue weighted by Crippen LogP contribution is 2.28. The van der Waals surface area contributed by atoms with E-state index >= 15 is 0 Å². The van der Waals surface area contributed by atoms with Crippen LogP contribution in [-0.4, -0.2) is 55.2 Å². The van der Waals surface area contributed by atoms with Crippen LogP contribution in [0.2, 0.25) is 5.02 Å². The van der Waals surface area contributed by atoms with Crippen LogP contribution in [0.5, 0.6) is 0 Å². The summed E-state index contributed by atoms with van der Waals surface area (Å²) in [5.74, 6) is -0.337. The van der Waals surface area contributed by atoms with E-state index in [0.29, 0.717) is 49.0 Å². The van der Waals surface area contributed by atoms with Gasteiger partial charge in [0.2, 0.25) is 0 Å². The monoisotopic (exact) mass is 431 g/mol. The number of hydrogen-bond acceptors (Lipinski definition) is 3. The number of hydrogen-bond donors (Lipinski definition) is 1. The molecule has 5 nitrogen and oxygen atoms in total. The minimum atomic E-state index is -0.469. The number of urea groups is 1. The van der Waals surface area contributed by atoms with Gasteiger partial charge < -0.3 is 15.0 Å². The number of nitrogens with zero attached hydrogens (tertiary/aromatic N) is 2. The maximum atomic E-state index is 14.6. The first-order valence-corrected chi connectivity index (χ1v) is 10.4. The fourth-order valence-electron chi connectivity index (χ4n) is 3.56. The summed E-state index contributed by atoms with van der Waals surface area (Å²) in [7, 11) is 0. The summed E-state index contributed by atoms with van der Waals surface area (Å²) in [5, 5.41) is 3.43. The van der Waals surface area contributed by atoms with Crippen molar-refractivity contribution >= 4 is 23.3 Å². The van der Waals surface area contributed by atoms with Crippen LogP contribution in [0, 0.1) is 5.82 Å². The third kappa shape index (κ3) is 6.05. The molecule has 2 aromatic carbocycles. The van der Waals surface area contributed by atoms with Gasteiger partial charge in [-0.05, 0) is 30.7 Å². The summed E-state index contributed by atoms with van der Waals surface area (Å²) in [6.45, 7) is 7.92. The lowest BCUT2D eigenvalue weighted by Crippen LogP contribution is -2.45. The second kappa shape index (κ2) is 11.1. The third-order valence-electron chi connectivity index (χ3n) is 5.13. The van der Waals surface area contributed by atoms with Crippen molar-refractivity contribution in [3.05, 3.63) is 77.6 Å². The van der Waals surface area contributed by atoms with Crippen LogP contribution in [-0.2, 0) is 4.74 Å². The van der Waals surface area contributed by atoms with Gasteiger partial charge in [0.1, 0.15) is 5.82 Å². The first kappa shape index (κ1) is 22.3. The molecule has 2 aromatic rings. The largest absolute Gasteiger partial charge is 0.379 e. The molecule has 1 fully saturated rings. The number of carbonyl (C=O) groups is 1. The highest BCUT2D eigenvalue weighted by atomic mass is 35.5. The number of anilines is 1. The quantitative estimate of drug-likeness (QED) is 0.600. The van der Waals surface area contributed by atoms with Gasteiger partial charge >= 0.3 is 6.03 Å². The normalized spacial score (nSPS) is 15.4. The molecule has 1 aliphatic rings. The number of rotatable bonds is 8. The van der Waals surface area contributed by atoms with E-state index in [2.05, 4.69) is 16.8 Å². The predicted octanol–water partition coefficient (Wildman–Crippen LogP) is 4.96. The Hall–Kier alpha value is -2.41. The number of nitrogens with one attached hydrogen (secondary N) is 1. The van der Waals surface area contributed by atoms with Crippen LogP contribution < -0.4 is 5.32 Å². The Bertz CT molecular complexity index is 858. The summed E-state index contributed by atoms with van der Waals surface area (Å²) >= 11 is 6.05. The average molecular weight is 432 g/mol. The van der Waals surface area contributed by atoms with Gasteiger partial charge in [0.25, 0.3) is 0 Å².